The molecule has 0 aliphatic heterocycles. The van der Waals surface area contributed by atoms with Crippen molar-refractivity contribution in [2.24, 2.45) is 5.92 Å². The molecule has 0 unspecified atom stereocenters. The monoisotopic (exact) mass is 459 g/mol. The average molecular weight is 460 g/mol. The lowest BCUT2D eigenvalue weighted by Crippen LogP contribution is -2.46. The number of nitrogens with one attached hydrogen (secondary N) is 2. The Morgan fingerprint density at radius 2 is 2.00 bits per heavy atom. The van der Waals surface area contributed by atoms with E-state index in [4.69, 9.17) is 16.3 Å². The largest absolute Gasteiger partial charge is 0.454 e. The first-order valence-electron chi connectivity index (χ1n) is 9.88. The number of amides is 2. The van der Waals surface area contributed by atoms with Gasteiger partial charge in [0.15, 0.2) is 6.61 Å². The van der Waals surface area contributed by atoms with Gasteiger partial charge in [-0.3, -0.25) is 9.59 Å². The predicted octanol–water partition coefficient (Wildman–Crippen LogP) is 3.70. The normalized spacial score (nSPS) is 13.3. The number of carbonyl (C=O) groups is 3. The molecular formula is C22H22ClN3O4S. The number of nitrogens with zero attached hydrogens (tertiary/aromatic N) is 1. The first-order chi connectivity index (χ1) is 14.8. The lowest BCUT2D eigenvalue weighted by Gasteiger charge is -2.21. The maximum atomic E-state index is 12.5. The minimum atomic E-state index is -0.947. The van der Waals surface area contributed by atoms with Gasteiger partial charge in [0.05, 0.1) is 16.1 Å². The number of fused-ring (bicyclic) bond motifs is 1. The van der Waals surface area contributed by atoms with Crippen LogP contribution in [0.25, 0.3) is 0 Å². The number of anilines is 1. The fraction of sp³-hybridized carbons (Fsp3) is 0.364. The van der Waals surface area contributed by atoms with Gasteiger partial charge in [0.2, 0.25) is 0 Å². The lowest BCUT2D eigenvalue weighted by molar-refractivity contribution is -0.150. The molecule has 2 amide bonds. The van der Waals surface area contributed by atoms with Gasteiger partial charge in [0.25, 0.3) is 11.8 Å². The number of thiophene rings is 1. The number of hydrogen-bond donors (Lipinski definition) is 2. The second kappa shape index (κ2) is 9.94. The van der Waals surface area contributed by atoms with Gasteiger partial charge in [-0.25, -0.2) is 4.79 Å². The third-order valence-electron chi connectivity index (χ3n) is 4.96. The number of ether oxygens (including phenoxy) is 1. The van der Waals surface area contributed by atoms with E-state index in [0.29, 0.717) is 10.6 Å². The quantitative estimate of drug-likeness (QED) is 0.614. The molecule has 9 heteroatoms. The minimum absolute atomic E-state index is 0.245. The Bertz CT molecular complexity index is 1060. The summed E-state index contributed by atoms with van der Waals surface area (Å²) in [6, 6.07) is 7.71. The molecule has 162 valence electrons. The summed E-state index contributed by atoms with van der Waals surface area (Å²) in [6.07, 6.45) is 2.75. The van der Waals surface area contributed by atoms with E-state index in [1.165, 1.54) is 11.3 Å². The number of halogens is 1. The van der Waals surface area contributed by atoms with Crippen LogP contribution in [-0.4, -0.2) is 30.4 Å². The summed E-state index contributed by atoms with van der Waals surface area (Å²) >= 11 is 7.43. The second-order valence-electron chi connectivity index (χ2n) is 7.50. The highest BCUT2D eigenvalue weighted by Crippen LogP contribution is 2.38. The molecule has 1 aliphatic carbocycles. The molecule has 0 saturated carbocycles. The van der Waals surface area contributed by atoms with E-state index >= 15 is 0 Å². The van der Waals surface area contributed by atoms with Gasteiger partial charge in [0, 0.05) is 4.88 Å². The number of esters is 1. The van der Waals surface area contributed by atoms with Gasteiger partial charge in [-0.1, -0.05) is 37.6 Å². The molecule has 1 heterocycles. The zero-order valence-electron chi connectivity index (χ0n) is 17.2. The van der Waals surface area contributed by atoms with E-state index in [9.17, 15) is 19.6 Å². The second-order valence-corrected chi connectivity index (χ2v) is 9.02. The molecule has 2 N–H and O–H groups in total. The van der Waals surface area contributed by atoms with E-state index in [1.54, 1.807) is 38.1 Å². The topological polar surface area (TPSA) is 108 Å². The number of carbonyl (C=O) groups excluding carboxylic acids is 3. The zero-order valence-corrected chi connectivity index (χ0v) is 18.7. The number of nitriles is 1. The van der Waals surface area contributed by atoms with Crippen LogP contribution >= 0.6 is 22.9 Å². The van der Waals surface area contributed by atoms with E-state index in [0.717, 1.165) is 29.7 Å². The molecule has 1 aromatic heterocycles. The number of aryl methyl sites for hydroxylation is 1. The summed E-state index contributed by atoms with van der Waals surface area (Å²) in [7, 11) is 0. The third kappa shape index (κ3) is 5.24. The smallest absolute Gasteiger partial charge is 0.329 e. The molecular weight excluding hydrogens is 438 g/mol. The van der Waals surface area contributed by atoms with E-state index in [1.807, 2.05) is 0 Å². The fourth-order valence-electron chi connectivity index (χ4n) is 3.36. The highest BCUT2D eigenvalue weighted by Gasteiger charge is 2.28. The van der Waals surface area contributed by atoms with Crippen molar-refractivity contribution in [1.82, 2.24) is 5.32 Å². The third-order valence-corrected chi connectivity index (χ3v) is 6.49. The Morgan fingerprint density at radius 1 is 1.26 bits per heavy atom. The summed E-state index contributed by atoms with van der Waals surface area (Å²) in [4.78, 5) is 38.4. The molecule has 0 saturated heterocycles. The SMILES string of the molecule is CC(C)[C@@H](NC(=O)c1ccccc1Cl)C(=O)OCC(=O)Nc1sc2c(c1C#N)CCC2. The molecule has 3 rings (SSSR count). The minimum Gasteiger partial charge on any atom is -0.454 e. The molecule has 0 fully saturated rings. The van der Waals surface area contributed by atoms with Crippen molar-refractivity contribution in [2.75, 3.05) is 11.9 Å². The van der Waals surface area contributed by atoms with Crippen LogP contribution < -0.4 is 10.6 Å². The zero-order chi connectivity index (χ0) is 22.5. The van der Waals surface area contributed by atoms with E-state index in [-0.39, 0.29) is 16.5 Å². The van der Waals surface area contributed by atoms with Crippen LogP contribution in [0.5, 0.6) is 0 Å². The summed E-state index contributed by atoms with van der Waals surface area (Å²) in [5, 5.41) is 15.4. The molecule has 0 spiro atoms. The summed E-state index contributed by atoms with van der Waals surface area (Å²) in [5.41, 5.74) is 1.74. The maximum Gasteiger partial charge on any atom is 0.329 e. The first-order valence-corrected chi connectivity index (χ1v) is 11.1. The molecule has 31 heavy (non-hydrogen) atoms. The van der Waals surface area contributed by atoms with Crippen molar-refractivity contribution in [2.45, 2.75) is 39.2 Å². The highest BCUT2D eigenvalue weighted by molar-refractivity contribution is 7.16. The van der Waals surface area contributed by atoms with Gasteiger partial charge in [0.1, 0.15) is 17.1 Å². The average Bonchev–Trinajstić information content (AvgIpc) is 3.30. The Kier molecular flexibility index (Phi) is 7.31. The number of hydrogen-bond acceptors (Lipinski definition) is 6. The van der Waals surface area contributed by atoms with Crippen LogP contribution in [0.15, 0.2) is 24.3 Å². The standard InChI is InChI=1S/C22H22ClN3O4S/c1-12(2)19(26-20(28)14-6-3-4-8-16(14)23)22(29)30-11-18(27)25-21-15(10-24)13-7-5-9-17(13)31-21/h3-4,6,8,12,19H,5,7,9,11H2,1-2H3,(H,25,27)(H,26,28)/t19-/m1/s1. The van der Waals surface area contributed by atoms with Crippen LogP contribution in [0.1, 0.15) is 46.6 Å². The molecule has 0 bridgehead atoms. The Balaban J connectivity index is 1.59. The molecule has 1 aliphatic rings. The predicted molar refractivity (Wildman–Crippen MR) is 118 cm³/mol. The maximum absolute atomic E-state index is 12.5. The van der Waals surface area contributed by atoms with Crippen LogP contribution in [0, 0.1) is 17.2 Å². The molecule has 0 radical (unpaired) electrons. The van der Waals surface area contributed by atoms with Crippen molar-refractivity contribution >= 4 is 45.7 Å². The Hall–Kier alpha value is -2.89. The summed E-state index contributed by atoms with van der Waals surface area (Å²) in [5.74, 6) is -2.03. The van der Waals surface area contributed by atoms with Crippen molar-refractivity contribution < 1.29 is 19.1 Å². The van der Waals surface area contributed by atoms with Crippen LogP contribution in [0.4, 0.5) is 5.00 Å². The molecule has 2 aromatic rings. The van der Waals surface area contributed by atoms with Gasteiger partial charge < -0.3 is 15.4 Å². The van der Waals surface area contributed by atoms with Crippen molar-refractivity contribution in [3.05, 3.63) is 50.9 Å². The van der Waals surface area contributed by atoms with Crippen LogP contribution in [-0.2, 0) is 27.2 Å². The van der Waals surface area contributed by atoms with Gasteiger partial charge >= 0.3 is 5.97 Å². The Morgan fingerprint density at radius 3 is 2.68 bits per heavy atom. The number of rotatable bonds is 7. The first kappa shape index (κ1) is 22.8. The lowest BCUT2D eigenvalue weighted by atomic mass is 10.0. The summed E-state index contributed by atoms with van der Waals surface area (Å²) in [6.45, 7) is 2.99. The molecule has 1 aromatic carbocycles. The van der Waals surface area contributed by atoms with E-state index in [2.05, 4.69) is 16.7 Å². The van der Waals surface area contributed by atoms with Crippen LogP contribution in [0.2, 0.25) is 5.02 Å². The number of benzene rings is 1. The van der Waals surface area contributed by atoms with Crippen molar-refractivity contribution in [1.29, 1.82) is 5.26 Å². The Labute approximate surface area is 189 Å². The molecule has 1 atom stereocenters. The van der Waals surface area contributed by atoms with Crippen LogP contribution in [0.3, 0.4) is 0 Å². The van der Waals surface area contributed by atoms with Crippen molar-refractivity contribution in [3.8, 4) is 6.07 Å². The van der Waals surface area contributed by atoms with Gasteiger partial charge in [-0.05, 0) is 42.9 Å². The highest BCUT2D eigenvalue weighted by atomic mass is 35.5. The van der Waals surface area contributed by atoms with Gasteiger partial charge in [-0.15, -0.1) is 11.3 Å². The van der Waals surface area contributed by atoms with Gasteiger partial charge in [-0.2, -0.15) is 5.26 Å². The molecule has 7 nitrogen and oxygen atoms in total. The summed E-state index contributed by atoms with van der Waals surface area (Å²) < 4.78 is 5.14. The fourth-order valence-corrected chi connectivity index (χ4v) is 4.84. The van der Waals surface area contributed by atoms with E-state index < -0.39 is 30.4 Å². The van der Waals surface area contributed by atoms with Crippen molar-refractivity contribution in [3.63, 3.8) is 0 Å².